The van der Waals surface area contributed by atoms with Crippen LogP contribution >= 0.6 is 0 Å². The number of methoxy groups -OCH3 is 1. The number of hydrogen-bond acceptors (Lipinski definition) is 6. The van der Waals surface area contributed by atoms with Crippen LogP contribution in [0.2, 0.25) is 0 Å². The second-order valence-corrected chi connectivity index (χ2v) is 6.49. The lowest BCUT2D eigenvalue weighted by Gasteiger charge is -2.29. The minimum absolute atomic E-state index is 0.0328. The Bertz CT molecular complexity index is 778. The van der Waals surface area contributed by atoms with Crippen molar-refractivity contribution in [1.82, 2.24) is 15.3 Å². The monoisotopic (exact) mass is 386 g/mol. The van der Waals surface area contributed by atoms with Crippen LogP contribution in [0, 0.1) is 0 Å². The summed E-state index contributed by atoms with van der Waals surface area (Å²) in [5, 5.41) is 5.90. The van der Waals surface area contributed by atoms with Crippen molar-refractivity contribution in [3.8, 4) is 17.5 Å². The van der Waals surface area contributed by atoms with E-state index in [1.54, 1.807) is 19.5 Å². The molecule has 3 rings (SSSR count). The topological polar surface area (TPSA) is 94.6 Å². The molecule has 1 aromatic heterocycles. The van der Waals surface area contributed by atoms with Crippen molar-refractivity contribution < 1.29 is 19.0 Å². The summed E-state index contributed by atoms with van der Waals surface area (Å²) >= 11 is 0. The molecule has 0 bridgehead atoms. The van der Waals surface area contributed by atoms with Crippen molar-refractivity contribution in [2.45, 2.75) is 44.8 Å². The third-order valence-corrected chi connectivity index (χ3v) is 4.55. The number of hydrogen-bond donors (Lipinski definition) is 2. The molecule has 1 heterocycles. The van der Waals surface area contributed by atoms with Gasteiger partial charge in [0.15, 0.2) is 0 Å². The smallest absolute Gasteiger partial charge is 0.319 e. The van der Waals surface area contributed by atoms with Crippen molar-refractivity contribution in [1.29, 1.82) is 0 Å². The number of nitrogens with one attached hydrogen (secondary N) is 2. The summed E-state index contributed by atoms with van der Waals surface area (Å²) < 4.78 is 16.6. The standard InChI is InChI=1S/C20H26N4O4/c1-3-27-17-7-5-4-6-16(17)24-20(25)23-14-8-10-15(11-9-14)28-19-18(26-2)21-12-13-22-19/h4-7,12-15H,3,8-11H2,1-2H3,(H2,23,24,25). The molecule has 0 saturated heterocycles. The molecule has 8 heteroatoms. The fourth-order valence-corrected chi connectivity index (χ4v) is 3.21. The molecule has 0 atom stereocenters. The van der Waals surface area contributed by atoms with Gasteiger partial charge in [-0.15, -0.1) is 0 Å². The number of nitrogens with zero attached hydrogens (tertiary/aromatic N) is 2. The first-order valence-electron chi connectivity index (χ1n) is 9.50. The first-order valence-corrected chi connectivity index (χ1v) is 9.50. The summed E-state index contributed by atoms with van der Waals surface area (Å²) in [4.78, 5) is 20.6. The van der Waals surface area contributed by atoms with Crippen LogP contribution in [-0.2, 0) is 0 Å². The second kappa shape index (κ2) is 9.77. The average molecular weight is 386 g/mol. The molecule has 0 unspecified atom stereocenters. The van der Waals surface area contributed by atoms with E-state index in [2.05, 4.69) is 20.6 Å². The van der Waals surface area contributed by atoms with Crippen molar-refractivity contribution in [3.63, 3.8) is 0 Å². The molecule has 28 heavy (non-hydrogen) atoms. The SMILES string of the molecule is CCOc1ccccc1NC(=O)NC1CCC(Oc2nccnc2OC)CC1. The van der Waals surface area contributed by atoms with Crippen LogP contribution in [-0.4, -0.2) is 41.9 Å². The van der Waals surface area contributed by atoms with E-state index in [4.69, 9.17) is 14.2 Å². The van der Waals surface area contributed by atoms with Gasteiger partial charge in [-0.05, 0) is 44.7 Å². The number of aromatic nitrogens is 2. The Morgan fingerprint density at radius 3 is 2.54 bits per heavy atom. The molecule has 2 N–H and O–H groups in total. The molecule has 1 saturated carbocycles. The molecule has 2 aromatic rings. The summed E-state index contributed by atoms with van der Waals surface area (Å²) in [6.07, 6.45) is 6.47. The molecule has 1 aliphatic rings. The van der Waals surface area contributed by atoms with Gasteiger partial charge in [0.25, 0.3) is 11.8 Å². The van der Waals surface area contributed by atoms with Crippen LogP contribution < -0.4 is 24.8 Å². The van der Waals surface area contributed by atoms with Gasteiger partial charge in [-0.1, -0.05) is 12.1 Å². The molecule has 1 aliphatic carbocycles. The predicted molar refractivity (Wildman–Crippen MR) is 105 cm³/mol. The highest BCUT2D eigenvalue weighted by molar-refractivity contribution is 5.91. The minimum atomic E-state index is -0.230. The van der Waals surface area contributed by atoms with Crippen molar-refractivity contribution in [3.05, 3.63) is 36.7 Å². The van der Waals surface area contributed by atoms with Crippen LogP contribution in [0.4, 0.5) is 10.5 Å². The third kappa shape index (κ3) is 5.25. The first kappa shape index (κ1) is 19.7. The quantitative estimate of drug-likeness (QED) is 0.757. The number of amides is 2. The van der Waals surface area contributed by atoms with Crippen molar-refractivity contribution in [2.75, 3.05) is 19.0 Å². The lowest BCUT2D eigenvalue weighted by atomic mass is 9.93. The van der Waals surface area contributed by atoms with Gasteiger partial charge in [-0.2, -0.15) is 0 Å². The van der Waals surface area contributed by atoms with E-state index in [0.717, 1.165) is 25.7 Å². The van der Waals surface area contributed by atoms with Crippen molar-refractivity contribution >= 4 is 11.7 Å². The zero-order valence-electron chi connectivity index (χ0n) is 16.2. The average Bonchev–Trinajstić information content (AvgIpc) is 2.71. The number of rotatable bonds is 7. The molecular weight excluding hydrogens is 360 g/mol. The molecule has 1 fully saturated rings. The highest BCUT2D eigenvalue weighted by Crippen LogP contribution is 2.27. The number of urea groups is 1. The largest absolute Gasteiger partial charge is 0.492 e. The summed E-state index contributed by atoms with van der Waals surface area (Å²) in [7, 11) is 1.54. The van der Waals surface area contributed by atoms with Gasteiger partial charge in [0.1, 0.15) is 11.9 Å². The normalized spacial score (nSPS) is 18.8. The number of carbonyl (C=O) groups excluding carboxylic acids is 1. The van der Waals surface area contributed by atoms with Gasteiger partial charge in [0.2, 0.25) is 0 Å². The number of carbonyl (C=O) groups is 1. The molecule has 2 amide bonds. The Kier molecular flexibility index (Phi) is 6.89. The summed E-state index contributed by atoms with van der Waals surface area (Å²) in [6.45, 7) is 2.45. The molecular formula is C20H26N4O4. The van der Waals surface area contributed by atoms with E-state index in [-0.39, 0.29) is 18.2 Å². The highest BCUT2D eigenvalue weighted by Gasteiger charge is 2.25. The minimum Gasteiger partial charge on any atom is -0.492 e. The van der Waals surface area contributed by atoms with Crippen LogP contribution in [0.25, 0.3) is 0 Å². The molecule has 8 nitrogen and oxygen atoms in total. The van der Waals surface area contributed by atoms with Crippen molar-refractivity contribution in [2.24, 2.45) is 0 Å². The summed E-state index contributed by atoms with van der Waals surface area (Å²) in [5.41, 5.74) is 0.661. The molecule has 1 aromatic carbocycles. The molecule has 0 radical (unpaired) electrons. The van der Waals surface area contributed by atoms with Crippen LogP contribution in [0.3, 0.4) is 0 Å². The van der Waals surface area contributed by atoms with Gasteiger partial charge in [0, 0.05) is 18.4 Å². The maximum atomic E-state index is 12.3. The fraction of sp³-hybridized carbons (Fsp3) is 0.450. The Morgan fingerprint density at radius 2 is 1.82 bits per heavy atom. The molecule has 150 valence electrons. The number of para-hydroxylation sites is 2. The predicted octanol–water partition coefficient (Wildman–Crippen LogP) is 3.40. The van der Waals surface area contributed by atoms with Gasteiger partial charge in [0.05, 0.1) is 19.4 Å². The van der Waals surface area contributed by atoms with Gasteiger partial charge >= 0.3 is 6.03 Å². The van der Waals surface area contributed by atoms with E-state index in [1.165, 1.54) is 0 Å². The maximum Gasteiger partial charge on any atom is 0.319 e. The fourth-order valence-electron chi connectivity index (χ4n) is 3.21. The van der Waals surface area contributed by atoms with E-state index in [9.17, 15) is 4.79 Å². The van der Waals surface area contributed by atoms with E-state index in [0.29, 0.717) is 29.8 Å². The Balaban J connectivity index is 1.47. The third-order valence-electron chi connectivity index (χ3n) is 4.55. The Morgan fingerprint density at radius 1 is 1.11 bits per heavy atom. The van der Waals surface area contributed by atoms with Gasteiger partial charge in [-0.25, -0.2) is 14.8 Å². The molecule has 0 spiro atoms. The number of anilines is 1. The zero-order chi connectivity index (χ0) is 19.8. The Labute approximate surface area is 164 Å². The zero-order valence-corrected chi connectivity index (χ0v) is 16.2. The maximum absolute atomic E-state index is 12.3. The highest BCUT2D eigenvalue weighted by atomic mass is 16.5. The van der Waals surface area contributed by atoms with E-state index in [1.807, 2.05) is 31.2 Å². The van der Waals surface area contributed by atoms with Gasteiger partial charge in [-0.3, -0.25) is 0 Å². The second-order valence-electron chi connectivity index (χ2n) is 6.49. The van der Waals surface area contributed by atoms with Gasteiger partial charge < -0.3 is 24.8 Å². The number of ether oxygens (including phenoxy) is 3. The van der Waals surface area contributed by atoms with Crippen LogP contribution in [0.1, 0.15) is 32.6 Å². The van der Waals surface area contributed by atoms with E-state index < -0.39 is 0 Å². The first-order chi connectivity index (χ1) is 13.7. The lowest BCUT2D eigenvalue weighted by molar-refractivity contribution is 0.129. The summed E-state index contributed by atoms with van der Waals surface area (Å²) in [6, 6.07) is 7.27. The van der Waals surface area contributed by atoms with Crippen LogP contribution in [0.15, 0.2) is 36.7 Å². The number of benzene rings is 1. The molecule has 0 aliphatic heterocycles. The summed E-state index contributed by atoms with van der Waals surface area (Å²) in [5.74, 6) is 1.46. The van der Waals surface area contributed by atoms with Crippen LogP contribution in [0.5, 0.6) is 17.5 Å². The Hall–Kier alpha value is -3.03. The van der Waals surface area contributed by atoms with E-state index >= 15 is 0 Å². The lowest BCUT2D eigenvalue weighted by Crippen LogP contribution is -2.41.